The van der Waals surface area contributed by atoms with Crippen LogP contribution in [0.15, 0.2) is 160 Å². The Morgan fingerprint density at radius 3 is 1.08 bits per heavy atom. The van der Waals surface area contributed by atoms with Crippen molar-refractivity contribution in [3.8, 4) is 0 Å². The van der Waals surface area contributed by atoms with Gasteiger partial charge in [0.25, 0.3) is 0 Å². The molecule has 0 aliphatic heterocycles. The maximum Gasteiger partial charge on any atom is 0.142 e. The summed E-state index contributed by atoms with van der Waals surface area (Å²) in [4.78, 5) is 4.71. The molecule has 11 aromatic rings. The Balaban J connectivity index is 1.05. The topological polar surface area (TPSA) is 32.8 Å². The lowest BCUT2D eigenvalue weighted by Crippen LogP contribution is -2.10. The van der Waals surface area contributed by atoms with E-state index in [2.05, 4.69) is 217 Å². The summed E-state index contributed by atoms with van der Waals surface area (Å²) in [5.41, 5.74) is 18.8. The molecular weight excluding hydrogens is 769 g/mol. The smallest absolute Gasteiger partial charge is 0.142 e. The average molecular weight is 819 g/mol. The number of hydrogen-bond donors (Lipinski definition) is 0. The van der Waals surface area contributed by atoms with Gasteiger partial charge in [0.1, 0.15) is 22.3 Å². The first-order valence-electron chi connectivity index (χ1n) is 22.1. The van der Waals surface area contributed by atoms with Crippen LogP contribution in [0.4, 0.5) is 34.1 Å². The zero-order chi connectivity index (χ0) is 43.3. The lowest BCUT2D eigenvalue weighted by molar-refractivity contribution is 0.638. The van der Waals surface area contributed by atoms with E-state index in [0.717, 1.165) is 94.3 Å². The maximum absolute atomic E-state index is 6.92. The molecule has 0 amide bonds. The van der Waals surface area contributed by atoms with Crippen molar-refractivity contribution in [2.75, 3.05) is 9.80 Å². The number of furan rings is 2. The van der Waals surface area contributed by atoms with Crippen LogP contribution in [0.1, 0.15) is 58.7 Å². The highest BCUT2D eigenvalue weighted by atomic mass is 16.3. The van der Waals surface area contributed by atoms with E-state index in [-0.39, 0.29) is 5.92 Å². The van der Waals surface area contributed by atoms with Crippen LogP contribution in [0.5, 0.6) is 0 Å². The van der Waals surface area contributed by atoms with Gasteiger partial charge in [0.05, 0.1) is 0 Å². The summed E-state index contributed by atoms with van der Waals surface area (Å²) >= 11 is 0. The molecule has 4 heteroatoms. The van der Waals surface area contributed by atoms with Gasteiger partial charge in [0, 0.05) is 61.2 Å². The van der Waals surface area contributed by atoms with Crippen LogP contribution < -0.4 is 9.80 Å². The predicted octanol–water partition coefficient (Wildman–Crippen LogP) is 17.7. The molecule has 308 valence electrons. The van der Waals surface area contributed by atoms with Crippen molar-refractivity contribution in [2.24, 2.45) is 0 Å². The first-order chi connectivity index (χ1) is 30.4. The Bertz CT molecular complexity index is 3330. The molecular formula is C59H50N2O2. The molecule has 0 unspecified atom stereocenters. The number of fused-ring (bicyclic) bond motifs is 8. The van der Waals surface area contributed by atoms with Crippen LogP contribution in [-0.4, -0.2) is 0 Å². The summed E-state index contributed by atoms with van der Waals surface area (Å²) in [6, 6.07) is 56.0. The molecule has 0 saturated heterocycles. The molecule has 0 saturated carbocycles. The lowest BCUT2D eigenvalue weighted by atomic mass is 9.95. The number of nitrogens with zero attached hydrogens (tertiary/aromatic N) is 2. The van der Waals surface area contributed by atoms with E-state index in [1.54, 1.807) is 0 Å². The van der Waals surface area contributed by atoms with Crippen LogP contribution >= 0.6 is 0 Å². The van der Waals surface area contributed by atoms with E-state index in [0.29, 0.717) is 0 Å². The van der Waals surface area contributed by atoms with Crippen molar-refractivity contribution in [1.82, 2.24) is 0 Å². The fraction of sp³-hybridized carbons (Fsp3) is 0.153. The lowest BCUT2D eigenvalue weighted by Gasteiger charge is -2.26. The first-order valence-corrected chi connectivity index (χ1v) is 22.1. The van der Waals surface area contributed by atoms with Crippen molar-refractivity contribution < 1.29 is 8.83 Å². The predicted molar refractivity (Wildman–Crippen MR) is 268 cm³/mol. The molecule has 0 fully saturated rings. The molecule has 63 heavy (non-hydrogen) atoms. The highest BCUT2D eigenvalue weighted by Crippen LogP contribution is 2.46. The largest absolute Gasteiger partial charge is 0.456 e. The molecule has 4 nitrogen and oxygen atoms in total. The second-order valence-corrected chi connectivity index (χ2v) is 18.2. The van der Waals surface area contributed by atoms with Gasteiger partial charge in [0.15, 0.2) is 0 Å². The number of aryl methyl sites for hydroxylation is 6. The Morgan fingerprint density at radius 1 is 0.317 bits per heavy atom. The third-order valence-corrected chi connectivity index (χ3v) is 12.7. The van der Waals surface area contributed by atoms with Gasteiger partial charge in [0.2, 0.25) is 0 Å². The molecule has 0 aliphatic rings. The van der Waals surface area contributed by atoms with E-state index < -0.39 is 0 Å². The summed E-state index contributed by atoms with van der Waals surface area (Å²) in [5, 5.41) is 9.05. The van der Waals surface area contributed by atoms with Crippen molar-refractivity contribution in [1.29, 1.82) is 0 Å². The molecule has 0 N–H and O–H groups in total. The monoisotopic (exact) mass is 818 g/mol. The molecule has 2 heterocycles. The van der Waals surface area contributed by atoms with E-state index in [9.17, 15) is 0 Å². The van der Waals surface area contributed by atoms with Gasteiger partial charge in [-0.2, -0.15) is 0 Å². The van der Waals surface area contributed by atoms with Crippen molar-refractivity contribution in [3.63, 3.8) is 0 Å². The van der Waals surface area contributed by atoms with Gasteiger partial charge in [-0.05, 0) is 194 Å². The summed E-state index contributed by atoms with van der Waals surface area (Å²) in [5.74, 6) is 0.168. The number of hydrogen-bond acceptors (Lipinski definition) is 4. The number of benzene rings is 9. The van der Waals surface area contributed by atoms with Gasteiger partial charge in [-0.1, -0.05) is 73.5 Å². The molecule has 0 aliphatic carbocycles. The Labute approximate surface area is 368 Å². The zero-order valence-corrected chi connectivity index (χ0v) is 37.2. The third-order valence-electron chi connectivity index (χ3n) is 12.7. The maximum atomic E-state index is 6.92. The average Bonchev–Trinajstić information content (AvgIpc) is 3.78. The van der Waals surface area contributed by atoms with Crippen molar-refractivity contribution in [2.45, 2.75) is 61.3 Å². The van der Waals surface area contributed by atoms with Crippen molar-refractivity contribution in [3.05, 3.63) is 191 Å². The minimum atomic E-state index is 0.168. The quantitative estimate of drug-likeness (QED) is 0.160. The molecule has 0 radical (unpaired) electrons. The fourth-order valence-electron chi connectivity index (χ4n) is 9.87. The van der Waals surface area contributed by atoms with E-state index in [1.165, 1.54) is 44.2 Å². The van der Waals surface area contributed by atoms with Crippen molar-refractivity contribution >= 4 is 99.5 Å². The summed E-state index contributed by atoms with van der Waals surface area (Å²) in [6.45, 7) is 17.4. The van der Waals surface area contributed by atoms with Gasteiger partial charge < -0.3 is 18.6 Å². The Hall–Kier alpha value is -7.30. The molecule has 2 aromatic heterocycles. The minimum absolute atomic E-state index is 0.168. The normalized spacial score (nSPS) is 12.0. The SMILES string of the molecule is Cc1ccc(N(c2cc(C)cc(C)c2)c2ccc3cc4c(cc3c2)oc2c(C(C)C)c3oc5cc6cc(N(c7ccc(C)cc7)c7cc(C)cc(C)c7)ccc6cc5c3cc24)cc1. The summed E-state index contributed by atoms with van der Waals surface area (Å²) in [7, 11) is 0. The number of anilines is 6. The molecule has 11 rings (SSSR count). The van der Waals surface area contributed by atoms with Crippen LogP contribution in [0.2, 0.25) is 0 Å². The van der Waals surface area contributed by atoms with E-state index in [1.807, 2.05) is 0 Å². The Kier molecular flexibility index (Phi) is 8.99. The van der Waals surface area contributed by atoms with E-state index >= 15 is 0 Å². The highest BCUT2D eigenvalue weighted by molar-refractivity contribution is 6.20. The molecule has 0 atom stereocenters. The first kappa shape index (κ1) is 38.6. The van der Waals surface area contributed by atoms with Crippen LogP contribution in [0, 0.1) is 41.5 Å². The van der Waals surface area contributed by atoms with Gasteiger partial charge in [-0.3, -0.25) is 0 Å². The standard InChI is InChI=1S/C59H50N2O2/c1-34(2)57-58-53(51-29-41-13-19-47(27-43(41)31-55(51)62-58)60(45-15-9-35(3)10-16-45)49-23-37(5)21-38(6)24-49)33-54-52-30-42-14-20-48(28-44(42)32-56(52)63-59(54)57)61(46-17-11-36(4)12-18-46)50-25-39(7)22-40(8)26-50/h9-34H,1-8H3. The third kappa shape index (κ3) is 6.69. The van der Waals surface area contributed by atoms with Gasteiger partial charge >= 0.3 is 0 Å². The second kappa shape index (κ2) is 14.7. The van der Waals surface area contributed by atoms with Crippen LogP contribution in [-0.2, 0) is 0 Å². The minimum Gasteiger partial charge on any atom is -0.456 e. The summed E-state index contributed by atoms with van der Waals surface area (Å²) in [6.07, 6.45) is 0. The fourth-order valence-corrected chi connectivity index (χ4v) is 9.87. The molecule has 0 spiro atoms. The van der Waals surface area contributed by atoms with E-state index in [4.69, 9.17) is 8.83 Å². The van der Waals surface area contributed by atoms with Crippen LogP contribution in [0.3, 0.4) is 0 Å². The zero-order valence-electron chi connectivity index (χ0n) is 37.2. The second-order valence-electron chi connectivity index (χ2n) is 18.2. The Morgan fingerprint density at radius 2 is 0.698 bits per heavy atom. The van der Waals surface area contributed by atoms with Gasteiger partial charge in [-0.25, -0.2) is 0 Å². The highest BCUT2D eigenvalue weighted by Gasteiger charge is 2.23. The number of rotatable bonds is 7. The summed E-state index contributed by atoms with van der Waals surface area (Å²) < 4.78 is 13.8. The molecule has 0 bridgehead atoms. The molecule has 9 aromatic carbocycles. The van der Waals surface area contributed by atoms with Gasteiger partial charge in [-0.15, -0.1) is 0 Å². The van der Waals surface area contributed by atoms with Crippen LogP contribution in [0.25, 0.3) is 65.4 Å².